The van der Waals surface area contributed by atoms with Crippen molar-refractivity contribution in [2.75, 3.05) is 5.32 Å². The molecule has 2 aliphatic carbocycles. The van der Waals surface area contributed by atoms with Gasteiger partial charge in [0.15, 0.2) is 0 Å². The Balaban J connectivity index is 1.62. The van der Waals surface area contributed by atoms with Gasteiger partial charge in [-0.1, -0.05) is 12.8 Å². The Bertz CT molecular complexity index is 981. The number of amides is 1. The minimum Gasteiger partial charge on any atom is -0.367 e. The summed E-state index contributed by atoms with van der Waals surface area (Å²) in [5, 5.41) is 6.66. The third-order valence-corrected chi connectivity index (χ3v) is 7.07. The topological polar surface area (TPSA) is 54.0 Å². The molecular formula is C27H35N3O. The van der Waals surface area contributed by atoms with Gasteiger partial charge in [-0.3, -0.25) is 4.79 Å². The van der Waals surface area contributed by atoms with Gasteiger partial charge >= 0.3 is 0 Å². The van der Waals surface area contributed by atoms with Crippen LogP contribution in [0, 0.1) is 27.7 Å². The zero-order valence-corrected chi connectivity index (χ0v) is 19.6. The van der Waals surface area contributed by atoms with Crippen LogP contribution in [-0.4, -0.2) is 23.0 Å². The lowest BCUT2D eigenvalue weighted by Crippen LogP contribution is -2.25. The minimum atomic E-state index is 0.0511. The maximum atomic E-state index is 12.4. The molecule has 164 valence electrons. The molecule has 1 aromatic carbocycles. The van der Waals surface area contributed by atoms with Crippen LogP contribution in [0.15, 0.2) is 23.9 Å². The predicted octanol–water partition coefficient (Wildman–Crippen LogP) is 6.02. The predicted molar refractivity (Wildman–Crippen MR) is 129 cm³/mol. The van der Waals surface area contributed by atoms with E-state index in [1.165, 1.54) is 53.5 Å². The van der Waals surface area contributed by atoms with E-state index in [-0.39, 0.29) is 5.91 Å². The number of benzene rings is 1. The number of carbonyl (C=O) groups is 1. The molecule has 2 fully saturated rings. The van der Waals surface area contributed by atoms with Crippen LogP contribution in [0.5, 0.6) is 0 Å². The Labute approximate surface area is 186 Å². The highest BCUT2D eigenvalue weighted by Gasteiger charge is 2.24. The van der Waals surface area contributed by atoms with Crippen molar-refractivity contribution >= 4 is 17.8 Å². The van der Waals surface area contributed by atoms with Crippen molar-refractivity contribution in [2.24, 2.45) is 0 Å². The molecule has 31 heavy (non-hydrogen) atoms. The fraction of sp³-hybridized carbons (Fsp3) is 0.481. The zero-order chi connectivity index (χ0) is 22.1. The van der Waals surface area contributed by atoms with Gasteiger partial charge in [-0.25, -0.2) is 4.98 Å². The summed E-state index contributed by atoms with van der Waals surface area (Å²) in [4.78, 5) is 17.2. The van der Waals surface area contributed by atoms with E-state index < -0.39 is 0 Å². The Morgan fingerprint density at radius 1 is 0.935 bits per heavy atom. The molecule has 0 saturated heterocycles. The van der Waals surface area contributed by atoms with Gasteiger partial charge in [0.25, 0.3) is 0 Å². The van der Waals surface area contributed by atoms with Crippen molar-refractivity contribution in [2.45, 2.75) is 85.2 Å². The summed E-state index contributed by atoms with van der Waals surface area (Å²) in [5.74, 6) is 1.02. The number of aromatic nitrogens is 1. The number of nitrogens with one attached hydrogen (secondary N) is 2. The molecular weight excluding hydrogens is 382 g/mol. The third-order valence-electron chi connectivity index (χ3n) is 7.07. The van der Waals surface area contributed by atoms with Crippen LogP contribution >= 0.6 is 0 Å². The molecule has 4 heteroatoms. The van der Waals surface area contributed by atoms with Gasteiger partial charge in [-0.05, 0) is 112 Å². The summed E-state index contributed by atoms with van der Waals surface area (Å²) in [6.07, 6.45) is 11.4. The molecule has 0 bridgehead atoms. The molecule has 0 atom stereocenters. The second-order valence-corrected chi connectivity index (χ2v) is 9.42. The van der Waals surface area contributed by atoms with Crippen molar-refractivity contribution in [1.82, 2.24) is 10.3 Å². The van der Waals surface area contributed by atoms with E-state index in [1.807, 2.05) is 13.1 Å². The summed E-state index contributed by atoms with van der Waals surface area (Å²) in [5.41, 5.74) is 9.30. The van der Waals surface area contributed by atoms with E-state index in [4.69, 9.17) is 4.98 Å². The zero-order valence-electron chi connectivity index (χ0n) is 19.6. The number of pyridine rings is 1. The molecule has 0 aliphatic heterocycles. The maximum absolute atomic E-state index is 12.4. The fourth-order valence-electron chi connectivity index (χ4n) is 4.71. The molecule has 0 spiro atoms. The molecule has 0 unspecified atom stereocenters. The summed E-state index contributed by atoms with van der Waals surface area (Å²) in [6.45, 7) is 10.6. The number of rotatable bonds is 6. The first kappa shape index (κ1) is 21.6. The highest BCUT2D eigenvalue weighted by Crippen LogP contribution is 2.35. The summed E-state index contributed by atoms with van der Waals surface area (Å²) < 4.78 is 0. The normalized spacial score (nSPS) is 17.1. The van der Waals surface area contributed by atoms with Gasteiger partial charge in [0.1, 0.15) is 5.82 Å². The average molecular weight is 418 g/mol. The lowest BCUT2D eigenvalue weighted by atomic mass is 9.85. The molecule has 4 rings (SSSR count). The summed E-state index contributed by atoms with van der Waals surface area (Å²) >= 11 is 0. The maximum Gasteiger partial charge on any atom is 0.247 e. The molecule has 2 aliphatic rings. The van der Waals surface area contributed by atoms with Gasteiger partial charge in [0.2, 0.25) is 5.91 Å². The third kappa shape index (κ3) is 4.68. The van der Waals surface area contributed by atoms with Crippen LogP contribution < -0.4 is 10.6 Å². The lowest BCUT2D eigenvalue weighted by Gasteiger charge is -2.20. The van der Waals surface area contributed by atoms with Crippen molar-refractivity contribution in [3.05, 3.63) is 51.7 Å². The number of anilines is 1. The van der Waals surface area contributed by atoms with Gasteiger partial charge in [0.05, 0.1) is 0 Å². The van der Waals surface area contributed by atoms with Crippen molar-refractivity contribution in [1.29, 1.82) is 0 Å². The lowest BCUT2D eigenvalue weighted by molar-refractivity contribution is -0.117. The summed E-state index contributed by atoms with van der Waals surface area (Å²) in [6, 6.07) is 5.24. The molecule has 1 heterocycles. The van der Waals surface area contributed by atoms with Gasteiger partial charge < -0.3 is 10.6 Å². The number of carbonyl (C=O) groups excluding carboxylic acids is 1. The molecule has 2 aromatic rings. The van der Waals surface area contributed by atoms with E-state index in [0.717, 1.165) is 35.4 Å². The number of nitrogens with zero attached hydrogens (tertiary/aromatic N) is 1. The number of hydrogen-bond acceptors (Lipinski definition) is 3. The molecule has 1 amide bonds. The van der Waals surface area contributed by atoms with Crippen LogP contribution in [0.4, 0.5) is 5.82 Å². The van der Waals surface area contributed by atoms with Crippen molar-refractivity contribution < 1.29 is 4.79 Å². The molecule has 0 radical (unpaired) electrons. The monoisotopic (exact) mass is 417 g/mol. The molecule has 2 saturated carbocycles. The van der Waals surface area contributed by atoms with E-state index in [1.54, 1.807) is 0 Å². The second kappa shape index (κ2) is 8.86. The Hall–Kier alpha value is -2.62. The Morgan fingerprint density at radius 2 is 1.58 bits per heavy atom. The smallest absolute Gasteiger partial charge is 0.247 e. The first-order valence-corrected chi connectivity index (χ1v) is 11.7. The van der Waals surface area contributed by atoms with E-state index in [2.05, 4.69) is 56.5 Å². The minimum absolute atomic E-state index is 0.0511. The van der Waals surface area contributed by atoms with E-state index in [0.29, 0.717) is 12.1 Å². The molecule has 4 nitrogen and oxygen atoms in total. The molecule has 2 N–H and O–H groups in total. The average Bonchev–Trinajstić information content (AvgIpc) is 3.43. The standard InChI is InChI=1S/C27H35N3O/c1-16(27(31)30-23-11-12-23)14-24-17(2)19(4)26(20(5)18(24)3)21-10-13-25(28-15-21)29-22-8-6-7-9-22/h10,13-15,22-23H,6-9,11-12H2,1-5H3,(H,28,29)(H,30,31). The highest BCUT2D eigenvalue weighted by atomic mass is 16.1. The van der Waals surface area contributed by atoms with Crippen LogP contribution in [0.25, 0.3) is 17.2 Å². The summed E-state index contributed by atoms with van der Waals surface area (Å²) in [7, 11) is 0. The Kier molecular flexibility index (Phi) is 6.17. The number of hydrogen-bond donors (Lipinski definition) is 2. The van der Waals surface area contributed by atoms with Crippen LogP contribution in [0.1, 0.15) is 73.3 Å². The second-order valence-electron chi connectivity index (χ2n) is 9.42. The largest absolute Gasteiger partial charge is 0.367 e. The van der Waals surface area contributed by atoms with E-state index >= 15 is 0 Å². The van der Waals surface area contributed by atoms with Gasteiger partial charge in [-0.15, -0.1) is 0 Å². The van der Waals surface area contributed by atoms with E-state index in [9.17, 15) is 4.79 Å². The van der Waals surface area contributed by atoms with Gasteiger partial charge in [-0.2, -0.15) is 0 Å². The quantitative estimate of drug-likeness (QED) is 0.565. The highest BCUT2D eigenvalue weighted by molar-refractivity contribution is 5.98. The molecule has 1 aromatic heterocycles. The fourth-order valence-corrected chi connectivity index (χ4v) is 4.71. The van der Waals surface area contributed by atoms with Crippen LogP contribution in [-0.2, 0) is 4.79 Å². The first-order chi connectivity index (χ1) is 14.8. The first-order valence-electron chi connectivity index (χ1n) is 11.7. The van der Waals surface area contributed by atoms with Crippen molar-refractivity contribution in [3.63, 3.8) is 0 Å². The van der Waals surface area contributed by atoms with Crippen LogP contribution in [0.2, 0.25) is 0 Å². The van der Waals surface area contributed by atoms with Gasteiger partial charge in [0, 0.05) is 29.4 Å². The Morgan fingerprint density at radius 3 is 2.13 bits per heavy atom. The van der Waals surface area contributed by atoms with Crippen molar-refractivity contribution in [3.8, 4) is 11.1 Å². The SMILES string of the molecule is CC(=Cc1c(C)c(C)c(-c2ccc(NC3CCCC3)nc2)c(C)c1C)C(=O)NC1CC1. The van der Waals surface area contributed by atoms with Crippen LogP contribution in [0.3, 0.4) is 0 Å².